The number of carbonyl (C=O) groups is 10. The van der Waals surface area contributed by atoms with Crippen LogP contribution >= 0.6 is 0 Å². The van der Waals surface area contributed by atoms with Crippen molar-refractivity contribution < 1.29 is 99.0 Å². The molecule has 20 nitrogen and oxygen atoms in total. The summed E-state index contributed by atoms with van der Waals surface area (Å²) in [6.07, 6.45) is -2.36. The van der Waals surface area contributed by atoms with Gasteiger partial charge in [0.15, 0.2) is 0 Å². The van der Waals surface area contributed by atoms with Gasteiger partial charge in [0.05, 0.1) is 88.8 Å². The van der Waals surface area contributed by atoms with Crippen LogP contribution in [0.25, 0.3) is 55.6 Å². The number of carboxylic acids is 10. The fourth-order valence-corrected chi connectivity index (χ4v) is 24.7. The van der Waals surface area contributed by atoms with Crippen LogP contribution in [0.3, 0.4) is 0 Å². The highest BCUT2D eigenvalue weighted by Crippen LogP contribution is 2.94. The average molecular weight is 1510 g/mol. The molecule has 20 heteroatoms. The topological polar surface area (TPSA) is 373 Å². The van der Waals surface area contributed by atoms with Crippen LogP contribution in [0.1, 0.15) is 199 Å². The van der Waals surface area contributed by atoms with E-state index in [4.69, 9.17) is 0 Å². The summed E-state index contributed by atoms with van der Waals surface area (Å²) in [4.78, 5) is 131. The first-order chi connectivity index (χ1) is 54.7. The smallest absolute Gasteiger partial charge is 0.311 e. The third kappa shape index (κ3) is 7.47. The molecule has 10 N–H and O–H groups in total. The van der Waals surface area contributed by atoms with Crippen molar-refractivity contribution in [3.8, 4) is 55.6 Å². The average Bonchev–Trinajstić information content (AvgIpc) is 1.39. The van der Waals surface area contributed by atoms with Gasteiger partial charge in [0.2, 0.25) is 0 Å². The minimum Gasteiger partial charge on any atom is -0.481 e. The van der Waals surface area contributed by atoms with Crippen LogP contribution in [-0.4, -0.2) is 111 Å². The van der Waals surface area contributed by atoms with Gasteiger partial charge in [0, 0.05) is 5.41 Å². The highest BCUT2D eigenvalue weighted by Gasteiger charge is 2.86. The molecule has 7 unspecified atom stereocenters. The van der Waals surface area contributed by atoms with Crippen molar-refractivity contribution in [2.75, 3.05) is 0 Å². The van der Waals surface area contributed by atoms with Gasteiger partial charge in [-0.2, -0.15) is 0 Å². The quantitative estimate of drug-likeness (QED) is 0.0218. The van der Waals surface area contributed by atoms with Crippen LogP contribution in [0.15, 0.2) is 204 Å². The Balaban J connectivity index is 1.05. The van der Waals surface area contributed by atoms with E-state index in [0.29, 0.717) is 47.1 Å². The third-order valence-electron chi connectivity index (χ3n) is 28.0. The summed E-state index contributed by atoms with van der Waals surface area (Å²) < 4.78 is 0. The van der Waals surface area contributed by atoms with Gasteiger partial charge in [-0.15, -0.1) is 0 Å². The molecule has 0 fully saturated rings. The molecular weight excluding hydrogens is 1450 g/mol. The first-order valence-electron chi connectivity index (χ1n) is 37.9. The van der Waals surface area contributed by atoms with Crippen molar-refractivity contribution in [3.63, 3.8) is 0 Å². The number of aliphatic carboxylic acids is 10. The molecule has 0 saturated carbocycles. The molecule has 0 heterocycles. The molecule has 0 bridgehead atoms. The third-order valence-corrected chi connectivity index (χ3v) is 28.0. The molecule has 0 amide bonds. The Morgan fingerprint density at radius 1 is 0.254 bits per heavy atom. The number of hydrogen-bond donors (Lipinski definition) is 10. The molecule has 0 spiro atoms. The highest BCUT2D eigenvalue weighted by molar-refractivity contribution is 6.15. The summed E-state index contributed by atoms with van der Waals surface area (Å²) in [6, 6.07) is 58.1. The van der Waals surface area contributed by atoms with Gasteiger partial charge < -0.3 is 51.1 Å². The number of allylic oxidation sites excluding steroid dienone is 4. The maximum atomic E-state index is 13.5. The van der Waals surface area contributed by atoms with Crippen molar-refractivity contribution in [1.29, 1.82) is 0 Å². The molecule has 11 aliphatic rings. The van der Waals surface area contributed by atoms with E-state index in [-0.39, 0.29) is 27.8 Å². The lowest BCUT2D eigenvalue weighted by Gasteiger charge is -2.67. The maximum Gasteiger partial charge on any atom is 0.311 e. The number of benzene rings is 10. The molecular formula is C94H64O20. The number of carboxylic acid groups (broad SMARTS) is 10. The zero-order valence-corrected chi connectivity index (χ0v) is 60.4. The second-order valence-corrected chi connectivity index (χ2v) is 32.4. The SMILES string of the molecule is CCCCC12C3=C4C5=C1[C@@]1(c6ccc(C(CC(=O)O)C(=O)O)cc6)c6c7ccc8c6C2(c2ccc(C(CC(=O)O)C(=O)O)cc2)c2c-8ccc6c2[C@]3(c2ccc(C(CC(=O)O)C(=O)O)cc2)c2c-6ccc3c2[C@]4(c2ccc(C(CC(=O)O)C(=O)O)cc2)c2c-3ccc3c2[C@]5(c2ccc(C(CC(=O)O)C(=O)O)cc2)c2c-3ccc-7c21. The van der Waals surface area contributed by atoms with E-state index < -0.39 is 154 Å². The Bertz CT molecular complexity index is 6100. The molecule has 10 aromatic rings. The van der Waals surface area contributed by atoms with Crippen molar-refractivity contribution in [2.24, 2.45) is 5.41 Å². The summed E-state index contributed by atoms with van der Waals surface area (Å²) in [5, 5.41) is 107. The van der Waals surface area contributed by atoms with Gasteiger partial charge in [-0.3, -0.25) is 47.9 Å². The lowest BCUT2D eigenvalue weighted by molar-refractivity contribution is -0.145. The minimum atomic E-state index is -1.51. The van der Waals surface area contributed by atoms with Crippen LogP contribution in [0.5, 0.6) is 0 Å². The molecule has 11 atom stereocenters. The molecule has 0 aliphatic heterocycles. The Morgan fingerprint density at radius 2 is 0.447 bits per heavy atom. The highest BCUT2D eigenvalue weighted by atomic mass is 16.4. The summed E-state index contributed by atoms with van der Waals surface area (Å²) in [5.74, 6) is -21.0. The minimum absolute atomic E-state index is 0.213. The molecule has 0 saturated heterocycles. The molecule has 0 aromatic heterocycles. The normalized spacial score (nSPS) is 23.4. The monoisotopic (exact) mass is 1510 g/mol. The lowest BCUT2D eigenvalue weighted by atomic mass is 9.33. The number of hydrogen-bond acceptors (Lipinski definition) is 10. The summed E-state index contributed by atoms with van der Waals surface area (Å²) in [6.45, 7) is 2.11. The van der Waals surface area contributed by atoms with Gasteiger partial charge in [-0.1, -0.05) is 202 Å². The Hall–Kier alpha value is -13.6. The van der Waals surface area contributed by atoms with Crippen LogP contribution in [-0.2, 0) is 75.0 Å². The van der Waals surface area contributed by atoms with Gasteiger partial charge in [-0.25, -0.2) is 0 Å². The summed E-state index contributed by atoms with van der Waals surface area (Å²) in [7, 11) is 0. The van der Waals surface area contributed by atoms with Crippen LogP contribution in [0.4, 0.5) is 0 Å². The first-order valence-corrected chi connectivity index (χ1v) is 37.9. The zero-order chi connectivity index (χ0) is 79.2. The van der Waals surface area contributed by atoms with E-state index in [1.165, 1.54) is 0 Å². The molecule has 11 aliphatic carbocycles. The molecule has 21 rings (SSSR count). The standard InChI is InChI=1S/C94H64O20/c1-2-3-34-89-82-80-81-83(89)93(48-20-10-43(11-21-48)63(87(111)112)38-68(101)102)75-55-29-27-53-51-25-24-50-52-26-28-54-56-30-32-58-59-33-31-57(55)77(93)79(59)94(89,49-22-12-44(13-23-49)64(88(113)114)39-69(103)104)78(58)76(56)92(82,47-18-8-42(9-19-47)62(86(109)110)37-67(99)100)74(54)72(52)90(80,45-14-4-40(5-15-45)60(84(105)106)35-65(95)96)70(50)71(51)91(81,73(53)75)46-16-6-41(7-17-46)61(85(107)108)36-66(97)98/h4-33,60-64H,2-3,34-39H2,1H3,(H,95,96)(H,97,98)(H,99,100)(H,101,102)(H,103,104)(H,105,106)(H,107,108)(H,109,110)(H,111,112)(H,113,114)/t60?,61?,62?,63?,64?,89?,90-,91+,92-,93+,94?. The van der Waals surface area contributed by atoms with Crippen LogP contribution < -0.4 is 0 Å². The van der Waals surface area contributed by atoms with Gasteiger partial charge >= 0.3 is 59.7 Å². The fraction of sp³-hybridized carbons (Fsp3) is 0.213. The molecule has 10 aromatic carbocycles. The van der Waals surface area contributed by atoms with E-state index in [1.54, 1.807) is 60.7 Å². The number of fused-ring (bicyclic) bond motifs is 5. The fourth-order valence-electron chi connectivity index (χ4n) is 24.7. The summed E-state index contributed by atoms with van der Waals surface area (Å²) >= 11 is 0. The van der Waals surface area contributed by atoms with Crippen molar-refractivity contribution in [2.45, 2.75) is 115 Å². The second-order valence-electron chi connectivity index (χ2n) is 32.4. The number of unbranched alkanes of at least 4 members (excludes halogenated alkanes) is 1. The van der Waals surface area contributed by atoms with E-state index in [2.05, 4.69) is 67.6 Å². The van der Waals surface area contributed by atoms with Gasteiger partial charge in [-0.05, 0) is 196 Å². The predicted molar refractivity (Wildman–Crippen MR) is 408 cm³/mol. The van der Waals surface area contributed by atoms with Crippen molar-refractivity contribution in [3.05, 3.63) is 316 Å². The number of rotatable bonds is 28. The second kappa shape index (κ2) is 22.4. The molecule has 0 radical (unpaired) electrons. The van der Waals surface area contributed by atoms with E-state index >= 15 is 0 Å². The van der Waals surface area contributed by atoms with E-state index in [0.717, 1.165) is 134 Å². The zero-order valence-electron chi connectivity index (χ0n) is 60.4. The van der Waals surface area contributed by atoms with E-state index in [1.807, 2.05) is 60.7 Å². The lowest BCUT2D eigenvalue weighted by Crippen LogP contribution is -2.63. The summed E-state index contributed by atoms with van der Waals surface area (Å²) in [5.41, 5.74) is 16.2. The molecule has 114 heavy (non-hydrogen) atoms. The largest absolute Gasteiger partial charge is 0.481 e. The van der Waals surface area contributed by atoms with Crippen molar-refractivity contribution in [1.82, 2.24) is 0 Å². The first kappa shape index (κ1) is 68.4. The Morgan fingerprint density at radius 3 is 0.658 bits per heavy atom. The van der Waals surface area contributed by atoms with Crippen LogP contribution in [0, 0.1) is 5.41 Å². The Labute approximate surface area is 646 Å². The molecule has 560 valence electrons. The Kier molecular flexibility index (Phi) is 13.4. The van der Waals surface area contributed by atoms with Gasteiger partial charge in [0.1, 0.15) is 0 Å². The van der Waals surface area contributed by atoms with Crippen molar-refractivity contribution >= 4 is 59.7 Å². The maximum absolute atomic E-state index is 13.5. The van der Waals surface area contributed by atoms with Crippen LogP contribution in [0.2, 0.25) is 0 Å². The van der Waals surface area contributed by atoms with E-state index in [9.17, 15) is 99.0 Å². The van der Waals surface area contributed by atoms with Gasteiger partial charge in [0.25, 0.3) is 0 Å². The predicted octanol–water partition coefficient (Wildman–Crippen LogP) is 14.6.